The molecule has 4 nitrogen and oxygen atoms in total. The molecular weight excluding hydrogens is 292 g/mol. The second-order valence-corrected chi connectivity index (χ2v) is 6.28. The van der Waals surface area contributed by atoms with E-state index in [2.05, 4.69) is 0 Å². The highest BCUT2D eigenvalue weighted by atomic mass is 16.3. The minimum Gasteiger partial charge on any atom is -0.507 e. The van der Waals surface area contributed by atoms with Gasteiger partial charge in [-0.1, -0.05) is 43.3 Å². The summed E-state index contributed by atoms with van der Waals surface area (Å²) in [6.45, 7) is 1.88. The van der Waals surface area contributed by atoms with E-state index in [0.717, 1.165) is 0 Å². The maximum atomic E-state index is 12.9. The van der Waals surface area contributed by atoms with Crippen LogP contribution in [0, 0.1) is 11.8 Å². The molecule has 0 fully saturated rings. The molecule has 0 spiro atoms. The average molecular weight is 308 g/mol. The zero-order valence-electron chi connectivity index (χ0n) is 12.6. The molecule has 1 aromatic rings. The highest BCUT2D eigenvalue weighted by Crippen LogP contribution is 2.47. The van der Waals surface area contributed by atoms with Crippen LogP contribution in [0.3, 0.4) is 0 Å². The van der Waals surface area contributed by atoms with E-state index in [-0.39, 0.29) is 28.8 Å². The van der Waals surface area contributed by atoms with Crippen LogP contribution in [0.4, 0.5) is 0 Å². The van der Waals surface area contributed by atoms with Crippen molar-refractivity contribution < 1.29 is 19.8 Å². The molecule has 0 bridgehead atoms. The predicted octanol–water partition coefficient (Wildman–Crippen LogP) is 2.82. The summed E-state index contributed by atoms with van der Waals surface area (Å²) >= 11 is 0. The lowest BCUT2D eigenvalue weighted by atomic mass is 9.67. The number of Topliss-reactive ketones (excluding diaryl/α,β-unsaturated/α-hetero) is 2. The average Bonchev–Trinajstić information content (AvgIpc) is 2.55. The molecule has 4 rings (SSSR count). The Morgan fingerprint density at radius 2 is 1.87 bits per heavy atom. The largest absolute Gasteiger partial charge is 0.507 e. The summed E-state index contributed by atoms with van der Waals surface area (Å²) in [5.74, 6) is -1.87. The highest BCUT2D eigenvalue weighted by Gasteiger charge is 2.48. The molecule has 0 radical (unpaired) electrons. The third kappa shape index (κ3) is 1.75. The van der Waals surface area contributed by atoms with Gasteiger partial charge in [0.1, 0.15) is 5.76 Å². The van der Waals surface area contributed by atoms with Crippen molar-refractivity contribution in [3.05, 3.63) is 70.0 Å². The molecule has 3 atom stereocenters. The number of benzene rings is 1. The van der Waals surface area contributed by atoms with E-state index < -0.39 is 12.0 Å². The fraction of sp³-hybridized carbons (Fsp3) is 0.263. The molecular formula is C19H16O4. The molecule has 3 aliphatic carbocycles. The van der Waals surface area contributed by atoms with Crippen molar-refractivity contribution in [3.8, 4) is 0 Å². The van der Waals surface area contributed by atoms with Gasteiger partial charge in [0, 0.05) is 22.6 Å². The van der Waals surface area contributed by atoms with E-state index in [4.69, 9.17) is 0 Å². The summed E-state index contributed by atoms with van der Waals surface area (Å²) in [6, 6.07) is 6.72. The summed E-state index contributed by atoms with van der Waals surface area (Å²) in [5.41, 5.74) is 1.90. The molecule has 1 aromatic carbocycles. The molecule has 116 valence electrons. The molecule has 23 heavy (non-hydrogen) atoms. The van der Waals surface area contributed by atoms with E-state index in [9.17, 15) is 19.8 Å². The van der Waals surface area contributed by atoms with Crippen LogP contribution in [0.1, 0.15) is 35.4 Å². The first kappa shape index (κ1) is 14.2. The van der Waals surface area contributed by atoms with E-state index in [1.807, 2.05) is 19.1 Å². The van der Waals surface area contributed by atoms with Gasteiger partial charge in [0.25, 0.3) is 0 Å². The smallest absolute Gasteiger partial charge is 0.193 e. The van der Waals surface area contributed by atoms with E-state index in [0.29, 0.717) is 28.7 Å². The standard InChI is InChI=1S/C19H16O4/c1-9-5-4-8-12-13(9)19(23)15-14(18(12)22)16(20)10-6-2-3-7-11(10)17(15)21/h2-7,9,14,16,20,23H,8H2,1H3/t9-,14?,16+/m0/s1. The van der Waals surface area contributed by atoms with Crippen LogP contribution in [-0.4, -0.2) is 21.8 Å². The second-order valence-electron chi connectivity index (χ2n) is 6.28. The fourth-order valence-corrected chi connectivity index (χ4v) is 3.91. The number of carbonyl (C=O) groups is 2. The highest BCUT2D eigenvalue weighted by molar-refractivity contribution is 6.19. The van der Waals surface area contributed by atoms with Crippen LogP contribution in [0.5, 0.6) is 0 Å². The van der Waals surface area contributed by atoms with Gasteiger partial charge in [-0.25, -0.2) is 0 Å². The summed E-state index contributed by atoms with van der Waals surface area (Å²) in [5, 5.41) is 21.4. The number of allylic oxidation sites excluding steroid dienone is 4. The summed E-state index contributed by atoms with van der Waals surface area (Å²) in [6.07, 6.45) is 3.13. The Labute approximate surface area is 133 Å². The van der Waals surface area contributed by atoms with Crippen LogP contribution in [0.25, 0.3) is 0 Å². The number of aliphatic hydroxyl groups excluding tert-OH is 2. The van der Waals surface area contributed by atoms with Crippen LogP contribution in [0.2, 0.25) is 0 Å². The lowest BCUT2D eigenvalue weighted by molar-refractivity contribution is -0.121. The fourth-order valence-electron chi connectivity index (χ4n) is 3.91. The minimum atomic E-state index is -1.11. The zero-order chi connectivity index (χ0) is 16.3. The normalized spacial score (nSPS) is 29.4. The minimum absolute atomic E-state index is 0.0436. The SMILES string of the molecule is C[C@H]1C=CCC2=C1C(O)=C1C(=O)c3ccccc3[C@@H](O)C1C2=O. The molecule has 0 saturated carbocycles. The van der Waals surface area contributed by atoms with Crippen molar-refractivity contribution in [3.63, 3.8) is 0 Å². The Morgan fingerprint density at radius 1 is 1.13 bits per heavy atom. The van der Waals surface area contributed by atoms with E-state index in [1.54, 1.807) is 24.3 Å². The second kappa shape index (κ2) is 4.77. The van der Waals surface area contributed by atoms with Crippen molar-refractivity contribution in [2.45, 2.75) is 19.4 Å². The molecule has 0 aliphatic heterocycles. The van der Waals surface area contributed by atoms with Crippen LogP contribution in [0.15, 0.2) is 58.9 Å². The van der Waals surface area contributed by atoms with Crippen molar-refractivity contribution in [1.29, 1.82) is 0 Å². The molecule has 0 heterocycles. The Balaban J connectivity index is 1.98. The van der Waals surface area contributed by atoms with Crippen LogP contribution < -0.4 is 0 Å². The monoisotopic (exact) mass is 308 g/mol. The Bertz CT molecular complexity index is 841. The maximum absolute atomic E-state index is 12.9. The number of hydrogen-bond acceptors (Lipinski definition) is 4. The molecule has 1 unspecified atom stereocenters. The predicted molar refractivity (Wildman–Crippen MR) is 83.8 cm³/mol. The van der Waals surface area contributed by atoms with Gasteiger partial charge in [0.2, 0.25) is 0 Å². The van der Waals surface area contributed by atoms with Gasteiger partial charge in [0.05, 0.1) is 17.6 Å². The Morgan fingerprint density at radius 3 is 2.65 bits per heavy atom. The van der Waals surface area contributed by atoms with Crippen LogP contribution in [-0.2, 0) is 4.79 Å². The van der Waals surface area contributed by atoms with Crippen molar-refractivity contribution in [1.82, 2.24) is 0 Å². The summed E-state index contributed by atoms with van der Waals surface area (Å²) in [7, 11) is 0. The van der Waals surface area contributed by atoms with Crippen molar-refractivity contribution in [2.24, 2.45) is 11.8 Å². The lowest BCUT2D eigenvalue weighted by Crippen LogP contribution is -2.39. The first-order valence-corrected chi connectivity index (χ1v) is 7.71. The number of carbonyl (C=O) groups excluding carboxylic acids is 2. The van der Waals surface area contributed by atoms with Gasteiger partial charge in [-0.05, 0) is 12.0 Å². The van der Waals surface area contributed by atoms with Crippen molar-refractivity contribution in [2.75, 3.05) is 0 Å². The molecule has 0 aromatic heterocycles. The van der Waals surface area contributed by atoms with Gasteiger partial charge < -0.3 is 10.2 Å². The molecule has 0 saturated heterocycles. The topological polar surface area (TPSA) is 74.6 Å². The number of hydrogen-bond donors (Lipinski definition) is 2. The van der Waals surface area contributed by atoms with Gasteiger partial charge in [-0.3, -0.25) is 9.59 Å². The maximum Gasteiger partial charge on any atom is 0.193 e. The first-order chi connectivity index (χ1) is 11.0. The molecule has 2 N–H and O–H groups in total. The van der Waals surface area contributed by atoms with Gasteiger partial charge >= 0.3 is 0 Å². The lowest BCUT2D eigenvalue weighted by Gasteiger charge is -2.37. The van der Waals surface area contributed by atoms with Crippen molar-refractivity contribution >= 4 is 11.6 Å². The van der Waals surface area contributed by atoms with Crippen LogP contribution >= 0.6 is 0 Å². The molecule has 3 aliphatic rings. The number of fused-ring (bicyclic) bond motifs is 2. The zero-order valence-corrected chi connectivity index (χ0v) is 12.6. The number of rotatable bonds is 0. The summed E-state index contributed by atoms with van der Waals surface area (Å²) < 4.78 is 0. The van der Waals surface area contributed by atoms with Gasteiger partial charge in [0.15, 0.2) is 11.6 Å². The number of ketones is 2. The Kier molecular flexibility index (Phi) is 2.93. The molecule has 0 amide bonds. The third-order valence-corrected chi connectivity index (χ3v) is 5.01. The van der Waals surface area contributed by atoms with E-state index in [1.165, 1.54) is 0 Å². The third-order valence-electron chi connectivity index (χ3n) is 5.01. The summed E-state index contributed by atoms with van der Waals surface area (Å²) in [4.78, 5) is 25.7. The first-order valence-electron chi connectivity index (χ1n) is 7.71. The Hall–Kier alpha value is -2.46. The molecule has 4 heteroatoms. The van der Waals surface area contributed by atoms with Gasteiger partial charge in [-0.15, -0.1) is 0 Å². The number of aliphatic hydroxyl groups is 2. The van der Waals surface area contributed by atoms with Gasteiger partial charge in [-0.2, -0.15) is 0 Å². The quantitative estimate of drug-likeness (QED) is 0.723. The van der Waals surface area contributed by atoms with E-state index >= 15 is 0 Å².